The summed E-state index contributed by atoms with van der Waals surface area (Å²) in [5, 5.41) is 7.97. The Hall–Kier alpha value is -1.66. The zero-order valence-corrected chi connectivity index (χ0v) is 14.3. The first kappa shape index (κ1) is 14.9. The molecule has 0 unspecified atom stereocenters. The number of hydrogen-bond donors (Lipinski definition) is 0. The molecule has 122 valence electrons. The fourth-order valence-corrected chi connectivity index (χ4v) is 4.57. The lowest BCUT2D eigenvalue weighted by atomic mass is 9.99. The molecule has 0 saturated carbocycles. The van der Waals surface area contributed by atoms with Gasteiger partial charge in [-0.1, -0.05) is 5.16 Å². The van der Waals surface area contributed by atoms with Crippen molar-refractivity contribution in [2.75, 3.05) is 19.6 Å². The monoisotopic (exact) mass is 331 g/mol. The zero-order valence-electron chi connectivity index (χ0n) is 13.5. The van der Waals surface area contributed by atoms with Gasteiger partial charge in [0.2, 0.25) is 0 Å². The summed E-state index contributed by atoms with van der Waals surface area (Å²) in [5.74, 6) is 1.68. The molecule has 0 radical (unpaired) electrons. The molecule has 4 heterocycles. The molecule has 2 bridgehead atoms. The molecule has 0 N–H and O–H groups in total. The summed E-state index contributed by atoms with van der Waals surface area (Å²) in [4.78, 5) is 17.2. The number of aromatic nitrogens is 1. The van der Waals surface area contributed by atoms with Crippen LogP contribution in [0, 0.1) is 19.8 Å². The van der Waals surface area contributed by atoms with Crippen LogP contribution in [0.5, 0.6) is 0 Å². The molecule has 6 heteroatoms. The topological polar surface area (TPSA) is 49.6 Å². The first-order chi connectivity index (χ1) is 11.1. The minimum absolute atomic E-state index is 0.193. The van der Waals surface area contributed by atoms with Crippen molar-refractivity contribution >= 4 is 17.2 Å². The Kier molecular flexibility index (Phi) is 3.73. The third-order valence-electron chi connectivity index (χ3n) is 5.08. The zero-order chi connectivity index (χ0) is 16.0. The predicted molar refractivity (Wildman–Crippen MR) is 88.5 cm³/mol. The maximum Gasteiger partial charge on any atom is 0.255 e. The van der Waals surface area contributed by atoms with E-state index < -0.39 is 0 Å². The molecule has 0 aliphatic carbocycles. The number of piperidine rings is 1. The summed E-state index contributed by atoms with van der Waals surface area (Å²) in [6, 6.07) is 2.26. The average molecular weight is 331 g/mol. The summed E-state index contributed by atoms with van der Waals surface area (Å²) in [7, 11) is 0. The Morgan fingerprint density at radius 1 is 1.39 bits per heavy atom. The molecule has 1 amide bonds. The molecule has 5 nitrogen and oxygen atoms in total. The molecule has 23 heavy (non-hydrogen) atoms. The van der Waals surface area contributed by atoms with Crippen molar-refractivity contribution < 1.29 is 9.32 Å². The molecule has 0 spiro atoms. The Balaban J connectivity index is 1.47. The molecule has 2 aromatic rings. The second-order valence-corrected chi connectivity index (χ2v) is 7.50. The highest BCUT2D eigenvalue weighted by Gasteiger charge is 2.41. The molecule has 2 atom stereocenters. The summed E-state index contributed by atoms with van der Waals surface area (Å²) in [6.07, 6.45) is 1.13. The number of hydrogen-bond acceptors (Lipinski definition) is 5. The number of amides is 1. The predicted octanol–water partition coefficient (Wildman–Crippen LogP) is 2.70. The minimum Gasteiger partial charge on any atom is -0.361 e. The van der Waals surface area contributed by atoms with Crippen LogP contribution in [0.2, 0.25) is 0 Å². The van der Waals surface area contributed by atoms with Crippen molar-refractivity contribution in [3.05, 3.63) is 39.4 Å². The number of nitrogens with zero attached hydrogens (tertiary/aromatic N) is 3. The molecular formula is C17H21N3O2S. The van der Waals surface area contributed by atoms with Gasteiger partial charge in [-0.2, -0.15) is 11.3 Å². The lowest BCUT2D eigenvalue weighted by Crippen LogP contribution is -2.43. The third kappa shape index (κ3) is 2.70. The van der Waals surface area contributed by atoms with Crippen LogP contribution in [0.3, 0.4) is 0 Å². The summed E-state index contributed by atoms with van der Waals surface area (Å²) in [5.41, 5.74) is 3.01. The normalized spacial score (nSPS) is 24.3. The maximum atomic E-state index is 12.7. The number of carbonyl (C=O) groups is 1. The molecule has 2 aliphatic heterocycles. The molecule has 0 aromatic carbocycles. The van der Waals surface area contributed by atoms with Crippen LogP contribution in [0.25, 0.3) is 0 Å². The van der Waals surface area contributed by atoms with Gasteiger partial charge in [0.15, 0.2) is 0 Å². The first-order valence-electron chi connectivity index (χ1n) is 8.09. The van der Waals surface area contributed by atoms with Crippen molar-refractivity contribution in [3.63, 3.8) is 0 Å². The Bertz CT molecular complexity index is 690. The van der Waals surface area contributed by atoms with Crippen molar-refractivity contribution in [1.82, 2.24) is 15.0 Å². The number of aryl methyl sites for hydroxylation is 2. The van der Waals surface area contributed by atoms with Gasteiger partial charge in [-0.05, 0) is 37.6 Å². The van der Waals surface area contributed by atoms with Gasteiger partial charge in [-0.15, -0.1) is 0 Å². The highest BCUT2D eigenvalue weighted by atomic mass is 32.1. The van der Waals surface area contributed by atoms with Crippen LogP contribution >= 0.6 is 11.3 Å². The van der Waals surface area contributed by atoms with E-state index in [-0.39, 0.29) is 5.91 Å². The second-order valence-electron chi connectivity index (χ2n) is 6.72. The molecule has 4 rings (SSSR count). The third-order valence-corrected chi connectivity index (χ3v) is 5.76. The second kappa shape index (κ2) is 5.76. The van der Waals surface area contributed by atoms with E-state index >= 15 is 0 Å². The lowest BCUT2D eigenvalue weighted by molar-refractivity contribution is 0.0712. The van der Waals surface area contributed by atoms with Crippen molar-refractivity contribution in [2.45, 2.75) is 32.9 Å². The van der Waals surface area contributed by atoms with Gasteiger partial charge in [0.05, 0.1) is 11.3 Å². The smallest absolute Gasteiger partial charge is 0.255 e. The minimum atomic E-state index is 0.193. The van der Waals surface area contributed by atoms with Crippen LogP contribution in [0.1, 0.15) is 33.8 Å². The molecular weight excluding hydrogens is 310 g/mol. The van der Waals surface area contributed by atoms with Crippen molar-refractivity contribution in [2.24, 2.45) is 5.92 Å². The van der Waals surface area contributed by atoms with E-state index in [4.69, 9.17) is 4.52 Å². The largest absolute Gasteiger partial charge is 0.361 e. The number of likely N-dealkylation sites (tertiary alicyclic amines) is 2. The number of carbonyl (C=O) groups excluding carboxylic acids is 1. The van der Waals surface area contributed by atoms with E-state index in [1.807, 2.05) is 30.7 Å². The summed E-state index contributed by atoms with van der Waals surface area (Å²) >= 11 is 1.58. The fraction of sp³-hybridized carbons (Fsp3) is 0.529. The average Bonchev–Trinajstić information content (AvgIpc) is 3.23. The van der Waals surface area contributed by atoms with E-state index in [0.717, 1.165) is 49.6 Å². The Labute approximate surface area is 139 Å². The SMILES string of the molecule is Cc1noc(C)c1CN1C[C@H]2C[C@@H](C1)N(C(=O)c1ccsc1)C2. The maximum absolute atomic E-state index is 12.7. The van der Waals surface area contributed by atoms with Gasteiger partial charge in [0, 0.05) is 43.2 Å². The fourth-order valence-electron chi connectivity index (χ4n) is 3.94. The molecule has 2 aromatic heterocycles. The van der Waals surface area contributed by atoms with Crippen LogP contribution in [-0.2, 0) is 6.54 Å². The Morgan fingerprint density at radius 3 is 2.96 bits per heavy atom. The van der Waals surface area contributed by atoms with Gasteiger partial charge in [0.25, 0.3) is 5.91 Å². The number of thiophene rings is 1. The van der Waals surface area contributed by atoms with Crippen molar-refractivity contribution in [1.29, 1.82) is 0 Å². The molecule has 2 aliphatic rings. The highest BCUT2D eigenvalue weighted by molar-refractivity contribution is 7.08. The van der Waals surface area contributed by atoms with Crippen LogP contribution < -0.4 is 0 Å². The van der Waals surface area contributed by atoms with E-state index in [0.29, 0.717) is 12.0 Å². The van der Waals surface area contributed by atoms with Crippen molar-refractivity contribution in [3.8, 4) is 0 Å². The van der Waals surface area contributed by atoms with E-state index in [2.05, 4.69) is 15.0 Å². The van der Waals surface area contributed by atoms with E-state index in [1.54, 1.807) is 11.3 Å². The molecule has 2 fully saturated rings. The van der Waals surface area contributed by atoms with E-state index in [9.17, 15) is 4.79 Å². The van der Waals surface area contributed by atoms with Crippen LogP contribution in [0.4, 0.5) is 0 Å². The lowest BCUT2D eigenvalue weighted by Gasteiger charge is -2.32. The van der Waals surface area contributed by atoms with Gasteiger partial charge in [0.1, 0.15) is 5.76 Å². The molecule has 2 saturated heterocycles. The van der Waals surface area contributed by atoms with Crippen LogP contribution in [-0.4, -0.2) is 46.5 Å². The summed E-state index contributed by atoms with van der Waals surface area (Å²) < 4.78 is 5.27. The standard InChI is InChI=1S/C17H21N3O2S/c1-11-16(12(2)22-18-11)9-19-6-13-5-15(8-19)20(7-13)17(21)14-3-4-23-10-14/h3-4,10,13,15H,5-9H2,1-2H3/t13-,15+/m1/s1. The highest BCUT2D eigenvalue weighted by Crippen LogP contribution is 2.32. The van der Waals surface area contributed by atoms with Gasteiger partial charge in [-0.3, -0.25) is 9.69 Å². The van der Waals surface area contributed by atoms with E-state index in [1.165, 1.54) is 5.56 Å². The quantitative estimate of drug-likeness (QED) is 0.868. The van der Waals surface area contributed by atoms with Gasteiger partial charge in [-0.25, -0.2) is 0 Å². The number of fused-ring (bicyclic) bond motifs is 2. The van der Waals surface area contributed by atoms with Gasteiger partial charge >= 0.3 is 0 Å². The first-order valence-corrected chi connectivity index (χ1v) is 9.03. The summed E-state index contributed by atoms with van der Waals surface area (Å²) in [6.45, 7) is 7.72. The Morgan fingerprint density at radius 2 is 2.26 bits per heavy atom. The van der Waals surface area contributed by atoms with Crippen LogP contribution in [0.15, 0.2) is 21.3 Å². The van der Waals surface area contributed by atoms with Gasteiger partial charge < -0.3 is 9.42 Å². The number of rotatable bonds is 3.